The predicted molar refractivity (Wildman–Crippen MR) is 64.8 cm³/mol. The van der Waals surface area contributed by atoms with Gasteiger partial charge >= 0.3 is 0 Å². The van der Waals surface area contributed by atoms with Crippen molar-refractivity contribution in [1.29, 1.82) is 5.26 Å². The van der Waals surface area contributed by atoms with E-state index in [1.165, 1.54) is 0 Å². The second-order valence-electron chi connectivity index (χ2n) is 3.82. The van der Waals surface area contributed by atoms with E-state index < -0.39 is 0 Å². The molecule has 5 heteroatoms. The number of hydrogen-bond donors (Lipinski definition) is 1. The van der Waals surface area contributed by atoms with Crippen molar-refractivity contribution in [3.8, 4) is 23.2 Å². The highest BCUT2D eigenvalue weighted by Gasteiger charge is 2.07. The lowest BCUT2D eigenvalue weighted by Crippen LogP contribution is -1.87. The van der Waals surface area contributed by atoms with Crippen LogP contribution in [-0.2, 0) is 0 Å². The average Bonchev–Trinajstić information content (AvgIpc) is 2.81. The van der Waals surface area contributed by atoms with Crippen LogP contribution >= 0.6 is 0 Å². The minimum atomic E-state index is 0.170. The molecule has 0 unspecified atom stereocenters. The van der Waals surface area contributed by atoms with Crippen LogP contribution in [0.3, 0.4) is 0 Å². The number of hydrogen-bond acceptors (Lipinski definition) is 4. The Labute approximate surface area is 103 Å². The molecule has 3 aromatic rings. The van der Waals surface area contributed by atoms with Crippen molar-refractivity contribution in [2.45, 2.75) is 0 Å². The number of fused-ring (bicyclic) bond motifs is 1. The molecule has 0 saturated heterocycles. The molecule has 2 aromatic heterocycles. The van der Waals surface area contributed by atoms with E-state index >= 15 is 0 Å². The predicted octanol–water partition coefficient (Wildman–Crippen LogP) is 1.97. The number of aromatic nitrogens is 3. The molecule has 0 fully saturated rings. The van der Waals surface area contributed by atoms with Gasteiger partial charge in [0, 0.05) is 17.8 Å². The Balaban J connectivity index is 2.17. The van der Waals surface area contributed by atoms with Crippen LogP contribution in [0.15, 0.2) is 42.6 Å². The summed E-state index contributed by atoms with van der Waals surface area (Å²) in [4.78, 5) is 4.32. The summed E-state index contributed by atoms with van der Waals surface area (Å²) in [6.07, 6.45) is 1.69. The fourth-order valence-electron chi connectivity index (χ4n) is 1.72. The van der Waals surface area contributed by atoms with E-state index in [4.69, 9.17) is 5.26 Å². The van der Waals surface area contributed by atoms with Gasteiger partial charge in [-0.2, -0.15) is 5.26 Å². The molecule has 0 atom stereocenters. The van der Waals surface area contributed by atoms with Crippen LogP contribution in [0, 0.1) is 11.3 Å². The molecule has 0 aliphatic heterocycles. The third-order valence-corrected chi connectivity index (χ3v) is 2.57. The summed E-state index contributed by atoms with van der Waals surface area (Å²) in [5, 5.41) is 22.5. The van der Waals surface area contributed by atoms with Crippen LogP contribution in [0.5, 0.6) is 5.75 Å². The first kappa shape index (κ1) is 10.3. The number of pyridine rings is 1. The molecule has 1 N–H and O–H groups in total. The summed E-state index contributed by atoms with van der Waals surface area (Å²) < 4.78 is 1.60. The summed E-state index contributed by atoms with van der Waals surface area (Å²) in [6.45, 7) is 0. The van der Waals surface area contributed by atoms with E-state index in [9.17, 15) is 5.11 Å². The topological polar surface area (TPSA) is 74.2 Å². The second kappa shape index (κ2) is 3.86. The monoisotopic (exact) mass is 236 g/mol. The van der Waals surface area contributed by atoms with E-state index in [0.29, 0.717) is 17.0 Å². The highest BCUT2D eigenvalue weighted by molar-refractivity contribution is 5.60. The van der Waals surface area contributed by atoms with Crippen LogP contribution < -0.4 is 0 Å². The Morgan fingerprint density at radius 3 is 2.89 bits per heavy atom. The van der Waals surface area contributed by atoms with E-state index in [1.807, 2.05) is 6.07 Å². The molecule has 0 spiro atoms. The molecule has 2 heterocycles. The SMILES string of the molecule is N#Cc1ccn2nc(-c3cccc(O)c3)nc2c1. The molecule has 0 radical (unpaired) electrons. The number of aromatic hydroxyl groups is 1. The Hall–Kier alpha value is -2.87. The lowest BCUT2D eigenvalue weighted by molar-refractivity contribution is 0.475. The molecule has 0 aliphatic carbocycles. The molecule has 86 valence electrons. The summed E-state index contributed by atoms with van der Waals surface area (Å²) in [7, 11) is 0. The summed E-state index contributed by atoms with van der Waals surface area (Å²) >= 11 is 0. The Morgan fingerprint density at radius 2 is 2.11 bits per heavy atom. The van der Waals surface area contributed by atoms with Crippen molar-refractivity contribution in [3.63, 3.8) is 0 Å². The second-order valence-corrected chi connectivity index (χ2v) is 3.82. The van der Waals surface area contributed by atoms with Gasteiger partial charge < -0.3 is 5.11 Å². The lowest BCUT2D eigenvalue weighted by atomic mass is 10.2. The van der Waals surface area contributed by atoms with Crippen molar-refractivity contribution in [3.05, 3.63) is 48.2 Å². The normalized spacial score (nSPS) is 10.4. The zero-order valence-corrected chi connectivity index (χ0v) is 9.28. The van der Waals surface area contributed by atoms with Gasteiger partial charge in [0.2, 0.25) is 0 Å². The Morgan fingerprint density at radius 1 is 1.22 bits per heavy atom. The summed E-state index contributed by atoms with van der Waals surface area (Å²) in [5.41, 5.74) is 1.88. The first-order valence-electron chi connectivity index (χ1n) is 5.32. The quantitative estimate of drug-likeness (QED) is 0.701. The fraction of sp³-hybridized carbons (Fsp3) is 0. The molecular formula is C13H8N4O. The fourth-order valence-corrected chi connectivity index (χ4v) is 1.72. The third-order valence-electron chi connectivity index (χ3n) is 2.57. The third kappa shape index (κ3) is 1.66. The number of nitriles is 1. The van der Waals surface area contributed by atoms with E-state index in [1.54, 1.807) is 41.0 Å². The van der Waals surface area contributed by atoms with Crippen molar-refractivity contribution in [1.82, 2.24) is 14.6 Å². The number of nitrogens with zero attached hydrogens (tertiary/aromatic N) is 4. The van der Waals surface area contributed by atoms with Gasteiger partial charge in [0.25, 0.3) is 0 Å². The Bertz CT molecular complexity index is 770. The van der Waals surface area contributed by atoms with Crippen molar-refractivity contribution in [2.75, 3.05) is 0 Å². The van der Waals surface area contributed by atoms with Crippen molar-refractivity contribution >= 4 is 5.65 Å². The van der Waals surface area contributed by atoms with Gasteiger partial charge in [-0.05, 0) is 18.2 Å². The molecule has 1 aromatic carbocycles. The molecule has 18 heavy (non-hydrogen) atoms. The van der Waals surface area contributed by atoms with Crippen LogP contribution in [0.25, 0.3) is 17.0 Å². The minimum Gasteiger partial charge on any atom is -0.508 e. The maximum atomic E-state index is 9.43. The standard InChI is InChI=1S/C13H8N4O/c14-8-9-4-5-17-12(6-9)15-13(16-17)10-2-1-3-11(18)7-10/h1-7,18H. The number of phenolic OH excluding ortho intramolecular Hbond substituents is 1. The lowest BCUT2D eigenvalue weighted by Gasteiger charge is -1.94. The maximum Gasteiger partial charge on any atom is 0.182 e. The first-order chi connectivity index (χ1) is 8.76. The highest BCUT2D eigenvalue weighted by Crippen LogP contribution is 2.20. The molecule has 3 rings (SSSR count). The summed E-state index contributed by atoms with van der Waals surface area (Å²) in [5.74, 6) is 0.685. The minimum absolute atomic E-state index is 0.170. The van der Waals surface area contributed by atoms with Crippen LogP contribution in [-0.4, -0.2) is 19.7 Å². The van der Waals surface area contributed by atoms with Gasteiger partial charge in [-0.25, -0.2) is 9.50 Å². The van der Waals surface area contributed by atoms with Gasteiger partial charge in [-0.15, -0.1) is 5.10 Å². The van der Waals surface area contributed by atoms with E-state index in [-0.39, 0.29) is 5.75 Å². The van der Waals surface area contributed by atoms with Gasteiger partial charge in [-0.3, -0.25) is 0 Å². The van der Waals surface area contributed by atoms with Gasteiger partial charge in [-0.1, -0.05) is 12.1 Å². The Kier molecular flexibility index (Phi) is 2.21. The number of phenols is 1. The van der Waals surface area contributed by atoms with Crippen LogP contribution in [0.2, 0.25) is 0 Å². The smallest absolute Gasteiger partial charge is 0.182 e. The molecule has 0 amide bonds. The zero-order chi connectivity index (χ0) is 12.5. The average molecular weight is 236 g/mol. The van der Waals surface area contributed by atoms with Gasteiger partial charge in [0.15, 0.2) is 11.5 Å². The van der Waals surface area contributed by atoms with E-state index in [2.05, 4.69) is 16.2 Å². The van der Waals surface area contributed by atoms with Gasteiger partial charge in [0.05, 0.1) is 11.6 Å². The van der Waals surface area contributed by atoms with Crippen molar-refractivity contribution < 1.29 is 5.11 Å². The van der Waals surface area contributed by atoms with Crippen LogP contribution in [0.4, 0.5) is 0 Å². The summed E-state index contributed by atoms with van der Waals surface area (Å²) in [6, 6.07) is 12.1. The zero-order valence-electron chi connectivity index (χ0n) is 9.28. The van der Waals surface area contributed by atoms with Crippen molar-refractivity contribution in [2.24, 2.45) is 0 Å². The molecular weight excluding hydrogens is 228 g/mol. The molecule has 5 nitrogen and oxygen atoms in total. The molecule has 0 aliphatic rings. The number of benzene rings is 1. The molecule has 0 bridgehead atoms. The maximum absolute atomic E-state index is 9.43. The molecule has 0 saturated carbocycles. The largest absolute Gasteiger partial charge is 0.508 e. The number of rotatable bonds is 1. The van der Waals surface area contributed by atoms with Crippen LogP contribution in [0.1, 0.15) is 5.56 Å². The van der Waals surface area contributed by atoms with Gasteiger partial charge in [0.1, 0.15) is 5.75 Å². The van der Waals surface area contributed by atoms with E-state index in [0.717, 1.165) is 5.56 Å². The highest BCUT2D eigenvalue weighted by atomic mass is 16.3. The first-order valence-corrected chi connectivity index (χ1v) is 5.32.